The van der Waals surface area contributed by atoms with Crippen molar-refractivity contribution in [3.63, 3.8) is 0 Å². The Kier molecular flexibility index (Phi) is 4.55. The van der Waals surface area contributed by atoms with Gasteiger partial charge in [0.05, 0.1) is 13.2 Å². The monoisotopic (exact) mass is 259 g/mol. The van der Waals surface area contributed by atoms with E-state index in [1.165, 1.54) is 0 Å². The number of nitrogens with one attached hydrogen (secondary N) is 2. The van der Waals surface area contributed by atoms with E-state index in [4.69, 9.17) is 4.74 Å². The molecular weight excluding hydrogens is 242 g/mol. The Hall–Kier alpha value is -2.30. The summed E-state index contributed by atoms with van der Waals surface area (Å²) in [5.41, 5.74) is 0.583. The lowest BCUT2D eigenvalue weighted by molar-refractivity contribution is 0.0949. The lowest BCUT2D eigenvalue weighted by Crippen LogP contribution is -2.23. The van der Waals surface area contributed by atoms with Gasteiger partial charge in [-0.1, -0.05) is 13.0 Å². The molecule has 2 N–H and O–H groups in total. The van der Waals surface area contributed by atoms with E-state index < -0.39 is 0 Å². The number of hydrogen-bond donors (Lipinski definition) is 2. The fraction of sp³-hybridized carbons (Fsp3) is 0.286. The third kappa shape index (κ3) is 3.84. The molecule has 0 radical (unpaired) electrons. The van der Waals surface area contributed by atoms with Crippen molar-refractivity contribution in [1.82, 2.24) is 15.3 Å². The van der Waals surface area contributed by atoms with Crippen molar-refractivity contribution in [2.45, 2.75) is 19.9 Å². The van der Waals surface area contributed by atoms with Gasteiger partial charge in [0, 0.05) is 18.0 Å². The lowest BCUT2D eigenvalue weighted by atomic mass is 10.2. The van der Waals surface area contributed by atoms with Crippen LogP contribution in [0.25, 0.3) is 0 Å². The van der Waals surface area contributed by atoms with E-state index in [1.807, 2.05) is 19.1 Å². The minimum atomic E-state index is -0.140. The van der Waals surface area contributed by atoms with Crippen LogP contribution in [0.1, 0.15) is 29.5 Å². The number of benzene rings is 1. The molecule has 0 aliphatic heterocycles. The summed E-state index contributed by atoms with van der Waals surface area (Å²) in [5, 5.41) is 2.80. The van der Waals surface area contributed by atoms with Crippen LogP contribution in [-0.4, -0.2) is 22.5 Å². The van der Waals surface area contributed by atoms with Gasteiger partial charge in [0.1, 0.15) is 11.6 Å². The first-order valence-corrected chi connectivity index (χ1v) is 6.29. The normalized spacial score (nSPS) is 10.2. The van der Waals surface area contributed by atoms with Crippen molar-refractivity contribution < 1.29 is 9.53 Å². The third-order valence-corrected chi connectivity index (χ3v) is 2.54. The molecule has 2 aromatic rings. The van der Waals surface area contributed by atoms with Gasteiger partial charge >= 0.3 is 0 Å². The molecule has 1 amide bonds. The molecule has 2 rings (SSSR count). The Morgan fingerprint density at radius 2 is 2.37 bits per heavy atom. The molecule has 0 aliphatic rings. The Bertz CT molecular complexity index is 523. The average Bonchev–Trinajstić information content (AvgIpc) is 2.96. The van der Waals surface area contributed by atoms with Gasteiger partial charge in [0.25, 0.3) is 5.91 Å². The molecule has 1 heterocycles. The molecule has 0 unspecified atom stereocenters. The van der Waals surface area contributed by atoms with E-state index in [0.29, 0.717) is 24.5 Å². The van der Waals surface area contributed by atoms with Crippen molar-refractivity contribution in [2.75, 3.05) is 6.61 Å². The van der Waals surface area contributed by atoms with Crippen LogP contribution in [-0.2, 0) is 6.54 Å². The van der Waals surface area contributed by atoms with Crippen molar-refractivity contribution in [2.24, 2.45) is 0 Å². The molecule has 0 bridgehead atoms. The minimum Gasteiger partial charge on any atom is -0.494 e. The van der Waals surface area contributed by atoms with Crippen LogP contribution >= 0.6 is 0 Å². The molecule has 19 heavy (non-hydrogen) atoms. The number of aromatic nitrogens is 2. The van der Waals surface area contributed by atoms with E-state index in [2.05, 4.69) is 15.3 Å². The van der Waals surface area contributed by atoms with Gasteiger partial charge in [-0.3, -0.25) is 4.79 Å². The molecule has 0 spiro atoms. The molecule has 100 valence electrons. The fourth-order valence-electron chi connectivity index (χ4n) is 1.61. The van der Waals surface area contributed by atoms with Crippen molar-refractivity contribution in [1.29, 1.82) is 0 Å². The molecule has 0 saturated heterocycles. The first-order chi connectivity index (χ1) is 9.29. The molecule has 5 heteroatoms. The number of ether oxygens (including phenoxy) is 1. The summed E-state index contributed by atoms with van der Waals surface area (Å²) < 4.78 is 5.50. The van der Waals surface area contributed by atoms with Crippen LogP contribution in [0.5, 0.6) is 5.75 Å². The summed E-state index contributed by atoms with van der Waals surface area (Å²) in [4.78, 5) is 18.9. The van der Waals surface area contributed by atoms with Crippen molar-refractivity contribution >= 4 is 5.91 Å². The number of H-pyrrole nitrogens is 1. The number of imidazole rings is 1. The lowest BCUT2D eigenvalue weighted by Gasteiger charge is -2.07. The third-order valence-electron chi connectivity index (χ3n) is 2.54. The number of carbonyl (C=O) groups excluding carboxylic acids is 1. The standard InChI is InChI=1S/C14H17N3O2/c1-2-8-19-12-5-3-4-11(9-12)14(18)17-10-13-15-6-7-16-13/h3-7,9H,2,8,10H2,1H3,(H,15,16)(H,17,18). The van der Waals surface area contributed by atoms with Crippen LogP contribution in [0.3, 0.4) is 0 Å². The van der Waals surface area contributed by atoms with Crippen molar-refractivity contribution in [3.05, 3.63) is 48.0 Å². The highest BCUT2D eigenvalue weighted by atomic mass is 16.5. The maximum absolute atomic E-state index is 12.0. The summed E-state index contributed by atoms with van der Waals surface area (Å²) in [7, 11) is 0. The first-order valence-electron chi connectivity index (χ1n) is 6.29. The molecule has 0 fully saturated rings. The van der Waals surface area contributed by atoms with Gasteiger partial charge in [-0.25, -0.2) is 4.98 Å². The van der Waals surface area contributed by atoms with E-state index in [9.17, 15) is 4.79 Å². The summed E-state index contributed by atoms with van der Waals surface area (Å²) >= 11 is 0. The smallest absolute Gasteiger partial charge is 0.251 e. The number of rotatable bonds is 6. The summed E-state index contributed by atoms with van der Waals surface area (Å²) in [6.45, 7) is 3.07. The van der Waals surface area contributed by atoms with Gasteiger partial charge in [0.15, 0.2) is 0 Å². The number of hydrogen-bond acceptors (Lipinski definition) is 3. The van der Waals surface area contributed by atoms with Crippen LogP contribution in [0.15, 0.2) is 36.7 Å². The Labute approximate surface area is 112 Å². The van der Waals surface area contributed by atoms with Gasteiger partial charge in [-0.2, -0.15) is 0 Å². The quantitative estimate of drug-likeness (QED) is 0.835. The second kappa shape index (κ2) is 6.58. The van der Waals surface area contributed by atoms with Gasteiger partial charge < -0.3 is 15.0 Å². The summed E-state index contributed by atoms with van der Waals surface area (Å²) in [6, 6.07) is 7.16. The maximum atomic E-state index is 12.0. The SMILES string of the molecule is CCCOc1cccc(C(=O)NCc2ncc[nH]2)c1. The van der Waals surface area contributed by atoms with Crippen LogP contribution in [0, 0.1) is 0 Å². The highest BCUT2D eigenvalue weighted by Gasteiger charge is 2.07. The van der Waals surface area contributed by atoms with E-state index in [-0.39, 0.29) is 5.91 Å². The molecule has 1 aromatic carbocycles. The van der Waals surface area contributed by atoms with Gasteiger partial charge in [-0.15, -0.1) is 0 Å². The van der Waals surface area contributed by atoms with E-state index >= 15 is 0 Å². The molecule has 5 nitrogen and oxygen atoms in total. The zero-order valence-corrected chi connectivity index (χ0v) is 10.8. The summed E-state index contributed by atoms with van der Waals surface area (Å²) in [6.07, 6.45) is 4.32. The highest BCUT2D eigenvalue weighted by molar-refractivity contribution is 5.94. The van der Waals surface area contributed by atoms with Crippen LogP contribution in [0.4, 0.5) is 0 Å². The van der Waals surface area contributed by atoms with E-state index in [0.717, 1.165) is 12.2 Å². The topological polar surface area (TPSA) is 67.0 Å². The number of amides is 1. The molecule has 0 atom stereocenters. The fourth-order valence-corrected chi connectivity index (χ4v) is 1.61. The first kappa shape index (κ1) is 13.1. The second-order valence-corrected chi connectivity index (χ2v) is 4.09. The minimum absolute atomic E-state index is 0.140. The Morgan fingerprint density at radius 3 is 3.11 bits per heavy atom. The van der Waals surface area contributed by atoms with Crippen molar-refractivity contribution in [3.8, 4) is 5.75 Å². The molecular formula is C14H17N3O2. The van der Waals surface area contributed by atoms with Crippen LogP contribution in [0.2, 0.25) is 0 Å². The maximum Gasteiger partial charge on any atom is 0.251 e. The van der Waals surface area contributed by atoms with E-state index in [1.54, 1.807) is 24.5 Å². The predicted molar refractivity (Wildman–Crippen MR) is 72.0 cm³/mol. The summed E-state index contributed by atoms with van der Waals surface area (Å²) in [5.74, 6) is 1.30. The van der Waals surface area contributed by atoms with Crippen LogP contribution < -0.4 is 10.1 Å². The largest absolute Gasteiger partial charge is 0.494 e. The predicted octanol–water partition coefficient (Wildman–Crippen LogP) is 2.13. The molecule has 0 saturated carbocycles. The zero-order chi connectivity index (χ0) is 13.5. The molecule has 1 aromatic heterocycles. The number of carbonyl (C=O) groups is 1. The Morgan fingerprint density at radius 1 is 1.47 bits per heavy atom. The molecule has 0 aliphatic carbocycles. The number of aromatic amines is 1. The zero-order valence-electron chi connectivity index (χ0n) is 10.8. The second-order valence-electron chi connectivity index (χ2n) is 4.09. The van der Waals surface area contributed by atoms with Gasteiger partial charge in [-0.05, 0) is 24.6 Å². The van der Waals surface area contributed by atoms with Gasteiger partial charge in [0.2, 0.25) is 0 Å². The Balaban J connectivity index is 1.94. The highest BCUT2D eigenvalue weighted by Crippen LogP contribution is 2.13. The number of nitrogens with zero attached hydrogens (tertiary/aromatic N) is 1. The average molecular weight is 259 g/mol.